The van der Waals surface area contributed by atoms with Crippen LogP contribution in [0.1, 0.15) is 50.8 Å². The van der Waals surface area contributed by atoms with Crippen LogP contribution in [0.2, 0.25) is 0 Å². The number of pyridine rings is 1. The largest absolute Gasteiger partial charge is 0.469 e. The molecule has 0 aliphatic carbocycles. The number of hydrogen-bond donors (Lipinski definition) is 0. The zero-order chi connectivity index (χ0) is 20.3. The van der Waals surface area contributed by atoms with Gasteiger partial charge in [-0.15, -0.1) is 0 Å². The number of rotatable bonds is 4. The summed E-state index contributed by atoms with van der Waals surface area (Å²) in [5.41, 5.74) is 1.73. The van der Waals surface area contributed by atoms with E-state index >= 15 is 0 Å². The monoisotopic (exact) mass is 389 g/mol. The van der Waals surface area contributed by atoms with Crippen molar-refractivity contribution in [2.24, 2.45) is 5.92 Å². The summed E-state index contributed by atoms with van der Waals surface area (Å²) >= 11 is 0. The molecule has 2 aliphatic rings. The van der Waals surface area contributed by atoms with Gasteiger partial charge in [-0.2, -0.15) is 0 Å². The number of carbonyl (C=O) groups excluding carboxylic acids is 2. The van der Waals surface area contributed by atoms with Gasteiger partial charge in [-0.3, -0.25) is 14.7 Å². The van der Waals surface area contributed by atoms with Gasteiger partial charge in [-0.25, -0.2) is 4.79 Å². The number of hydrogen-bond acceptors (Lipinski definition) is 6. The van der Waals surface area contributed by atoms with Crippen LogP contribution in [0.4, 0.5) is 4.79 Å². The van der Waals surface area contributed by atoms with Crippen LogP contribution in [0, 0.1) is 5.92 Å². The Hall–Kier alpha value is -2.15. The minimum Gasteiger partial charge on any atom is -0.469 e. The quantitative estimate of drug-likeness (QED) is 0.738. The molecule has 0 atom stereocenters. The summed E-state index contributed by atoms with van der Waals surface area (Å²) in [4.78, 5) is 32.3. The van der Waals surface area contributed by atoms with E-state index in [0.717, 1.165) is 43.7 Å². The maximum atomic E-state index is 12.0. The van der Waals surface area contributed by atoms with Gasteiger partial charge in [0.15, 0.2) is 0 Å². The summed E-state index contributed by atoms with van der Waals surface area (Å²) in [6, 6.07) is 4.18. The highest BCUT2D eigenvalue weighted by atomic mass is 16.6. The molecule has 1 aromatic rings. The van der Waals surface area contributed by atoms with E-state index in [1.807, 2.05) is 27.0 Å². The number of ether oxygens (including phenoxy) is 2. The third kappa shape index (κ3) is 5.22. The molecule has 3 rings (SSSR count). The van der Waals surface area contributed by atoms with Crippen molar-refractivity contribution in [2.75, 3.05) is 33.3 Å². The van der Waals surface area contributed by atoms with Gasteiger partial charge in [-0.1, -0.05) is 6.07 Å². The number of nitrogens with zero attached hydrogens (tertiary/aromatic N) is 3. The molecule has 2 fully saturated rings. The lowest BCUT2D eigenvalue weighted by Crippen LogP contribution is -2.50. The minimum absolute atomic E-state index is 0.0307. The van der Waals surface area contributed by atoms with Crippen molar-refractivity contribution in [3.63, 3.8) is 0 Å². The van der Waals surface area contributed by atoms with E-state index in [4.69, 9.17) is 9.47 Å². The fourth-order valence-electron chi connectivity index (χ4n) is 3.66. The van der Waals surface area contributed by atoms with Gasteiger partial charge in [0.05, 0.1) is 18.7 Å². The SMILES string of the molecule is COC(=O)C1CCN(Cc2ccc(C3CN(C(=O)OC(C)(C)C)C3)cn2)CC1. The molecule has 1 aromatic heterocycles. The first kappa shape index (κ1) is 20.6. The van der Waals surface area contributed by atoms with Gasteiger partial charge in [0.25, 0.3) is 0 Å². The number of aromatic nitrogens is 1. The second-order valence-corrected chi connectivity index (χ2v) is 8.74. The molecule has 0 N–H and O–H groups in total. The van der Waals surface area contributed by atoms with E-state index < -0.39 is 5.60 Å². The summed E-state index contributed by atoms with van der Waals surface area (Å²) in [5, 5.41) is 0. The third-order valence-corrected chi connectivity index (χ3v) is 5.36. The molecule has 0 saturated carbocycles. The normalized spacial score (nSPS) is 19.2. The molecule has 0 aromatic carbocycles. The molecular weight excluding hydrogens is 358 g/mol. The van der Waals surface area contributed by atoms with E-state index in [1.54, 1.807) is 4.90 Å². The van der Waals surface area contributed by atoms with Gasteiger partial charge in [-0.05, 0) is 58.3 Å². The van der Waals surface area contributed by atoms with Crippen LogP contribution in [0.15, 0.2) is 18.3 Å². The number of carbonyl (C=O) groups is 2. The maximum absolute atomic E-state index is 12.0. The summed E-state index contributed by atoms with van der Waals surface area (Å²) in [6.45, 7) is 9.55. The average molecular weight is 389 g/mol. The highest BCUT2D eigenvalue weighted by Gasteiger charge is 2.34. The Kier molecular flexibility index (Phi) is 6.23. The first-order valence-electron chi connectivity index (χ1n) is 9.98. The number of likely N-dealkylation sites (tertiary alicyclic amines) is 2. The Bertz CT molecular complexity index is 685. The second kappa shape index (κ2) is 8.47. The fraction of sp³-hybridized carbons (Fsp3) is 0.667. The van der Waals surface area contributed by atoms with E-state index in [0.29, 0.717) is 19.0 Å². The molecular formula is C21H31N3O4. The molecule has 2 aliphatic heterocycles. The highest BCUT2D eigenvalue weighted by molar-refractivity contribution is 5.72. The number of methoxy groups -OCH3 is 1. The van der Waals surface area contributed by atoms with Crippen LogP contribution in [0.25, 0.3) is 0 Å². The van der Waals surface area contributed by atoms with Crippen molar-refractivity contribution in [1.82, 2.24) is 14.8 Å². The van der Waals surface area contributed by atoms with Crippen LogP contribution >= 0.6 is 0 Å². The van der Waals surface area contributed by atoms with Gasteiger partial charge in [0.2, 0.25) is 0 Å². The Morgan fingerprint density at radius 3 is 2.39 bits per heavy atom. The highest BCUT2D eigenvalue weighted by Crippen LogP contribution is 2.28. The topological polar surface area (TPSA) is 72.0 Å². The van der Waals surface area contributed by atoms with E-state index in [2.05, 4.69) is 22.0 Å². The van der Waals surface area contributed by atoms with Crippen molar-refractivity contribution in [3.05, 3.63) is 29.6 Å². The molecule has 3 heterocycles. The lowest BCUT2D eigenvalue weighted by molar-refractivity contribution is -0.147. The van der Waals surface area contributed by atoms with Gasteiger partial charge in [0.1, 0.15) is 5.60 Å². The van der Waals surface area contributed by atoms with E-state index in [1.165, 1.54) is 7.11 Å². The molecule has 7 heteroatoms. The molecule has 154 valence electrons. The smallest absolute Gasteiger partial charge is 0.410 e. The molecule has 0 bridgehead atoms. The molecule has 0 unspecified atom stereocenters. The average Bonchev–Trinajstić information content (AvgIpc) is 2.60. The standard InChI is InChI=1S/C21H31N3O4/c1-21(2,3)28-20(26)24-12-17(13-24)16-5-6-18(22-11-16)14-23-9-7-15(8-10-23)19(25)27-4/h5-6,11,15,17H,7-10,12-14H2,1-4H3. The summed E-state index contributed by atoms with van der Waals surface area (Å²) in [7, 11) is 1.45. The second-order valence-electron chi connectivity index (χ2n) is 8.74. The Labute approximate surface area is 167 Å². The molecule has 2 saturated heterocycles. The van der Waals surface area contributed by atoms with E-state index in [9.17, 15) is 9.59 Å². The summed E-state index contributed by atoms with van der Waals surface area (Å²) in [5.74, 6) is 0.260. The van der Waals surface area contributed by atoms with Crippen molar-refractivity contribution < 1.29 is 19.1 Å². The summed E-state index contributed by atoms with van der Waals surface area (Å²) in [6.07, 6.45) is 3.36. The van der Waals surface area contributed by atoms with Crippen LogP contribution in [-0.2, 0) is 20.8 Å². The fourth-order valence-corrected chi connectivity index (χ4v) is 3.66. The van der Waals surface area contributed by atoms with Crippen LogP contribution < -0.4 is 0 Å². The number of amides is 1. The van der Waals surface area contributed by atoms with Crippen molar-refractivity contribution in [1.29, 1.82) is 0 Å². The Morgan fingerprint density at radius 2 is 1.86 bits per heavy atom. The Morgan fingerprint density at radius 1 is 1.18 bits per heavy atom. The lowest BCUT2D eigenvalue weighted by atomic mass is 9.93. The summed E-state index contributed by atoms with van der Waals surface area (Å²) < 4.78 is 10.2. The van der Waals surface area contributed by atoms with Crippen molar-refractivity contribution >= 4 is 12.1 Å². The minimum atomic E-state index is -0.462. The lowest BCUT2D eigenvalue weighted by Gasteiger charge is -2.40. The molecule has 0 spiro atoms. The predicted octanol–water partition coefficient (Wildman–Crippen LogP) is 2.80. The van der Waals surface area contributed by atoms with Crippen molar-refractivity contribution in [3.8, 4) is 0 Å². The molecule has 28 heavy (non-hydrogen) atoms. The molecule has 7 nitrogen and oxygen atoms in total. The van der Waals surface area contributed by atoms with Gasteiger partial charge in [0, 0.05) is 31.7 Å². The Balaban J connectivity index is 1.44. The van der Waals surface area contributed by atoms with Crippen molar-refractivity contribution in [2.45, 2.75) is 51.7 Å². The zero-order valence-electron chi connectivity index (χ0n) is 17.3. The van der Waals surface area contributed by atoms with Crippen LogP contribution in [-0.4, -0.2) is 65.7 Å². The number of esters is 1. The van der Waals surface area contributed by atoms with Gasteiger partial charge < -0.3 is 14.4 Å². The first-order valence-corrected chi connectivity index (χ1v) is 9.98. The van der Waals surface area contributed by atoms with Gasteiger partial charge >= 0.3 is 12.1 Å². The van der Waals surface area contributed by atoms with E-state index in [-0.39, 0.29) is 18.0 Å². The number of piperidine rings is 1. The first-order chi connectivity index (χ1) is 13.2. The molecule has 0 radical (unpaired) electrons. The zero-order valence-corrected chi connectivity index (χ0v) is 17.3. The van der Waals surface area contributed by atoms with Crippen LogP contribution in [0.5, 0.6) is 0 Å². The third-order valence-electron chi connectivity index (χ3n) is 5.36. The predicted molar refractivity (Wildman–Crippen MR) is 105 cm³/mol. The maximum Gasteiger partial charge on any atom is 0.410 e. The molecule has 1 amide bonds. The van der Waals surface area contributed by atoms with Crippen LogP contribution in [0.3, 0.4) is 0 Å².